The first kappa shape index (κ1) is 42.7. The number of rotatable bonds is 7. The van der Waals surface area contributed by atoms with Gasteiger partial charge in [0.25, 0.3) is 0 Å². The average Bonchev–Trinajstić information content (AvgIpc) is 3.32. The maximum absolute atomic E-state index is 14.2. The zero-order chi connectivity index (χ0) is 42.0. The number of ether oxygens (including phenoxy) is 2. The minimum atomic E-state index is -1.27. The molecule has 0 aliphatic heterocycles. The summed E-state index contributed by atoms with van der Waals surface area (Å²) in [6.45, 7) is 28.7. The molecule has 56 heavy (non-hydrogen) atoms. The van der Waals surface area contributed by atoms with Gasteiger partial charge in [-0.3, -0.25) is 19.2 Å². The third kappa shape index (κ3) is 6.35. The molecule has 6 rings (SSSR count). The fourth-order valence-corrected chi connectivity index (χ4v) is 13.9. The van der Waals surface area contributed by atoms with Gasteiger partial charge in [0.2, 0.25) is 5.91 Å². The number of carboxylic acid groups (broad SMARTS) is 1. The first-order chi connectivity index (χ1) is 25.5. The van der Waals surface area contributed by atoms with Gasteiger partial charge in [-0.1, -0.05) is 62.3 Å². The molecule has 0 radical (unpaired) electrons. The predicted molar refractivity (Wildman–Crippen MR) is 214 cm³/mol. The number of carboxylic acids is 1. The second-order valence-electron chi connectivity index (χ2n) is 22.8. The van der Waals surface area contributed by atoms with Crippen molar-refractivity contribution in [2.24, 2.45) is 62.6 Å². The van der Waals surface area contributed by atoms with Crippen LogP contribution < -0.4 is 10.6 Å². The van der Waals surface area contributed by atoms with E-state index in [-0.39, 0.29) is 63.7 Å². The SMILES string of the molecule is CC(C)C1=C2[C@H]3CC[C@@H]4[C@@]5(C)CC[C@H](OC(=O)C6C[C@@H](C(=O)O)C6(C)C)C(C)(C)[C@@H]5CC[C@@]4(C)[C@]3(C)CC[C@@]2(NC(=O)C(C)(C)NC(=O)OC(C)(C)C)CC1=O. The molecule has 3 N–H and O–H groups in total. The Hall–Kier alpha value is -2.91. The Labute approximate surface area is 335 Å². The number of hydrogen-bond acceptors (Lipinski definition) is 7. The number of esters is 1. The van der Waals surface area contributed by atoms with E-state index < -0.39 is 46.0 Å². The Morgan fingerprint density at radius 2 is 1.43 bits per heavy atom. The van der Waals surface area contributed by atoms with Crippen LogP contribution in [0.1, 0.15) is 161 Å². The quantitative estimate of drug-likeness (QED) is 0.217. The van der Waals surface area contributed by atoms with E-state index in [4.69, 9.17) is 9.47 Å². The number of aliphatic carboxylic acids is 1. The summed E-state index contributed by atoms with van der Waals surface area (Å²) in [6, 6.07) is 0. The van der Waals surface area contributed by atoms with Crippen molar-refractivity contribution in [3.8, 4) is 0 Å². The Morgan fingerprint density at radius 3 is 2.00 bits per heavy atom. The second kappa shape index (κ2) is 13.3. The normalized spacial score (nSPS) is 39.9. The van der Waals surface area contributed by atoms with Gasteiger partial charge in [-0.05, 0) is 149 Å². The van der Waals surface area contributed by atoms with Crippen molar-refractivity contribution in [2.75, 3.05) is 0 Å². The van der Waals surface area contributed by atoms with Crippen molar-refractivity contribution in [3.05, 3.63) is 11.1 Å². The number of nitrogens with one attached hydrogen (secondary N) is 2. The van der Waals surface area contributed by atoms with Crippen LogP contribution in [0.3, 0.4) is 0 Å². The summed E-state index contributed by atoms with van der Waals surface area (Å²) < 4.78 is 11.9. The molecule has 6 aliphatic carbocycles. The molecule has 0 aromatic rings. The highest BCUT2D eigenvalue weighted by Crippen LogP contribution is 2.76. The number of Topliss-reactive ketones (excluding diaryl/α,β-unsaturated/α-hetero) is 1. The van der Waals surface area contributed by atoms with E-state index in [9.17, 15) is 29.1 Å². The molecule has 5 fully saturated rings. The van der Waals surface area contributed by atoms with Crippen LogP contribution in [-0.4, -0.2) is 57.6 Å². The highest BCUT2D eigenvalue weighted by Gasteiger charge is 2.71. The van der Waals surface area contributed by atoms with Gasteiger partial charge in [0.15, 0.2) is 5.78 Å². The molecule has 1 unspecified atom stereocenters. The van der Waals surface area contributed by atoms with E-state index in [0.29, 0.717) is 24.7 Å². The topological polar surface area (TPSA) is 148 Å². The third-order valence-electron chi connectivity index (χ3n) is 17.2. The molecule has 314 valence electrons. The standard InChI is InChI=1S/C46H72N2O8/c1-25(2)33-29(49)24-46(47-37(53)42(10,11)48-38(54)56-39(3,4)5)22-21-44(13)26(34(33)46)15-16-31-43(12)19-18-32(41(8,9)30(43)17-20-45(31,44)14)55-36(52)28-23-27(35(50)51)40(28,6)7/h25-28,30-32H,15-24H2,1-14H3,(H,47,53)(H,48,54)(H,50,51)/t26-,27+,28?,30+,31-,32+,43+,44-,45-,46-/m1/s1. The van der Waals surface area contributed by atoms with Crippen LogP contribution in [0.15, 0.2) is 11.1 Å². The number of allylic oxidation sites excluding steroid dienone is 1. The Bertz CT molecular complexity index is 1720. The zero-order valence-electron chi connectivity index (χ0n) is 36.9. The first-order valence-electron chi connectivity index (χ1n) is 21.5. The Kier molecular flexibility index (Phi) is 10.1. The molecule has 6 aliphatic rings. The van der Waals surface area contributed by atoms with Crippen molar-refractivity contribution in [3.63, 3.8) is 0 Å². The monoisotopic (exact) mass is 781 g/mol. The Morgan fingerprint density at radius 1 is 0.786 bits per heavy atom. The number of ketones is 1. The van der Waals surface area contributed by atoms with Gasteiger partial charge in [-0.15, -0.1) is 0 Å². The van der Waals surface area contributed by atoms with Gasteiger partial charge in [-0.2, -0.15) is 0 Å². The van der Waals surface area contributed by atoms with Crippen LogP contribution in [0.5, 0.6) is 0 Å². The first-order valence-corrected chi connectivity index (χ1v) is 21.5. The van der Waals surface area contributed by atoms with Crippen molar-refractivity contribution < 1.29 is 38.6 Å². The smallest absolute Gasteiger partial charge is 0.408 e. The number of alkyl carbamates (subject to hydrolysis) is 1. The largest absolute Gasteiger partial charge is 0.481 e. The van der Waals surface area contributed by atoms with Crippen LogP contribution in [0.2, 0.25) is 0 Å². The summed E-state index contributed by atoms with van der Waals surface area (Å²) in [5, 5.41) is 15.8. The molecule has 0 aromatic carbocycles. The number of amides is 2. The number of carbonyl (C=O) groups excluding carboxylic acids is 4. The van der Waals surface area contributed by atoms with E-state index in [1.165, 1.54) is 0 Å². The summed E-state index contributed by atoms with van der Waals surface area (Å²) >= 11 is 0. The van der Waals surface area contributed by atoms with Gasteiger partial charge in [0, 0.05) is 11.8 Å². The van der Waals surface area contributed by atoms with Crippen LogP contribution in [0.4, 0.5) is 4.79 Å². The molecule has 5 saturated carbocycles. The summed E-state index contributed by atoms with van der Waals surface area (Å²) in [6.07, 6.45) is 7.02. The third-order valence-corrected chi connectivity index (χ3v) is 17.2. The molecule has 10 heteroatoms. The van der Waals surface area contributed by atoms with E-state index >= 15 is 0 Å². The molecule has 0 saturated heterocycles. The molecule has 10 atom stereocenters. The molecule has 0 heterocycles. The lowest BCUT2D eigenvalue weighted by Gasteiger charge is -2.72. The lowest BCUT2D eigenvalue weighted by molar-refractivity contribution is -0.235. The molecule has 0 spiro atoms. The minimum absolute atomic E-state index is 0.0169. The van der Waals surface area contributed by atoms with Gasteiger partial charge in [0.05, 0.1) is 17.4 Å². The molecule has 0 aromatic heterocycles. The average molecular weight is 781 g/mol. The molecule has 2 amide bonds. The van der Waals surface area contributed by atoms with E-state index in [1.807, 2.05) is 13.8 Å². The fraction of sp³-hybridized carbons (Fsp3) is 0.848. The van der Waals surface area contributed by atoms with E-state index in [0.717, 1.165) is 56.1 Å². The maximum atomic E-state index is 14.2. The number of fused-ring (bicyclic) bond motifs is 7. The summed E-state index contributed by atoms with van der Waals surface area (Å²) in [4.78, 5) is 66.5. The van der Waals surface area contributed by atoms with Crippen molar-refractivity contribution in [1.82, 2.24) is 10.6 Å². The molecule has 10 nitrogen and oxygen atoms in total. The van der Waals surface area contributed by atoms with Crippen molar-refractivity contribution in [1.29, 1.82) is 0 Å². The van der Waals surface area contributed by atoms with Crippen LogP contribution in [-0.2, 0) is 28.7 Å². The second-order valence-corrected chi connectivity index (χ2v) is 22.8. The van der Waals surface area contributed by atoms with Crippen molar-refractivity contribution >= 4 is 29.7 Å². The van der Waals surface area contributed by atoms with Gasteiger partial charge in [-0.25, -0.2) is 4.79 Å². The number of carbonyl (C=O) groups is 5. The van der Waals surface area contributed by atoms with Crippen LogP contribution in [0, 0.1) is 62.6 Å². The van der Waals surface area contributed by atoms with Gasteiger partial charge in [0.1, 0.15) is 17.2 Å². The lowest BCUT2D eigenvalue weighted by Crippen LogP contribution is -2.68. The van der Waals surface area contributed by atoms with Gasteiger partial charge >= 0.3 is 18.0 Å². The van der Waals surface area contributed by atoms with Gasteiger partial charge < -0.3 is 25.2 Å². The summed E-state index contributed by atoms with van der Waals surface area (Å²) in [5.74, 6) is -1.28. The molecular weight excluding hydrogens is 709 g/mol. The van der Waals surface area contributed by atoms with Crippen LogP contribution >= 0.6 is 0 Å². The summed E-state index contributed by atoms with van der Waals surface area (Å²) in [5.41, 5.74) is -1.72. The minimum Gasteiger partial charge on any atom is -0.481 e. The van der Waals surface area contributed by atoms with Crippen molar-refractivity contribution in [2.45, 2.75) is 184 Å². The van der Waals surface area contributed by atoms with E-state index in [2.05, 4.69) is 59.1 Å². The van der Waals surface area contributed by atoms with E-state index in [1.54, 1.807) is 34.6 Å². The lowest BCUT2D eigenvalue weighted by atomic mass is 9.33. The molecular formula is C46H72N2O8. The predicted octanol–water partition coefficient (Wildman–Crippen LogP) is 8.80. The Balaban J connectivity index is 1.26. The molecule has 0 bridgehead atoms. The van der Waals surface area contributed by atoms with Crippen LogP contribution in [0.25, 0.3) is 0 Å². The zero-order valence-corrected chi connectivity index (χ0v) is 36.9. The summed E-state index contributed by atoms with van der Waals surface area (Å²) in [7, 11) is 0. The maximum Gasteiger partial charge on any atom is 0.408 e. The number of hydrogen-bond donors (Lipinski definition) is 3. The highest BCUT2D eigenvalue weighted by molar-refractivity contribution is 6.03. The fourth-order valence-electron chi connectivity index (χ4n) is 13.9. The highest BCUT2D eigenvalue weighted by atomic mass is 16.6.